The van der Waals surface area contributed by atoms with E-state index in [1.807, 2.05) is 0 Å². The fourth-order valence-electron chi connectivity index (χ4n) is 1.58. The van der Waals surface area contributed by atoms with E-state index in [0.29, 0.717) is 0 Å². The predicted octanol–water partition coefficient (Wildman–Crippen LogP) is 2.57. The van der Waals surface area contributed by atoms with Gasteiger partial charge in [-0.1, -0.05) is 48.0 Å². The zero-order valence-corrected chi connectivity index (χ0v) is 11.3. The monoisotopic (exact) mass is 212 g/mol. The lowest BCUT2D eigenvalue weighted by Crippen LogP contribution is -2.33. The van der Waals surface area contributed by atoms with Gasteiger partial charge in [-0.05, 0) is 17.3 Å². The van der Waals surface area contributed by atoms with Crippen molar-refractivity contribution in [2.45, 2.75) is 54.4 Å². The van der Waals surface area contributed by atoms with Crippen molar-refractivity contribution in [2.75, 3.05) is 0 Å². The molecule has 1 unspecified atom stereocenters. The number of hydrogen-bond acceptors (Lipinski definition) is 2. The van der Waals surface area contributed by atoms with E-state index in [1.165, 1.54) is 8.05 Å². The molecule has 0 rings (SSSR count). The summed E-state index contributed by atoms with van der Waals surface area (Å²) in [6.45, 7) is 12.9. The van der Waals surface area contributed by atoms with Crippen molar-refractivity contribution in [2.24, 2.45) is 16.7 Å². The van der Waals surface area contributed by atoms with Crippen LogP contribution in [0.2, 0.25) is 0 Å². The van der Waals surface area contributed by atoms with Crippen LogP contribution in [0.5, 0.6) is 0 Å². The lowest BCUT2D eigenvalue weighted by molar-refractivity contribution is -0.143. The third-order valence-corrected chi connectivity index (χ3v) is 3.24. The Morgan fingerprint density at radius 1 is 1.27 bits per heavy atom. The number of hydrogen-bond donors (Lipinski definition) is 0. The Hall–Kier alpha value is -0.465. The van der Waals surface area contributed by atoms with Crippen molar-refractivity contribution in [1.29, 1.82) is 0 Å². The Labute approximate surface area is 95.2 Å². The Kier molecular flexibility index (Phi) is 4.89. The van der Waals surface area contributed by atoms with Crippen LogP contribution in [0.15, 0.2) is 0 Å². The van der Waals surface area contributed by atoms with Crippen LogP contribution in [0.4, 0.5) is 0 Å². The summed E-state index contributed by atoms with van der Waals surface area (Å²) in [4.78, 5) is 11.7. The summed E-state index contributed by atoms with van der Waals surface area (Å²) in [6.07, 6.45) is 1.97. The van der Waals surface area contributed by atoms with E-state index in [2.05, 4.69) is 41.5 Å². The first kappa shape index (κ1) is 14.5. The summed E-state index contributed by atoms with van der Waals surface area (Å²) in [7, 11) is 1.47. The second-order valence-corrected chi connectivity index (χ2v) is 6.16. The molecule has 15 heavy (non-hydrogen) atoms. The van der Waals surface area contributed by atoms with E-state index >= 15 is 0 Å². The molecular formula is C12H25BO2. The summed E-state index contributed by atoms with van der Waals surface area (Å²) < 4.78 is 4.89. The quantitative estimate of drug-likeness (QED) is 0.669. The fraction of sp³-hybridized carbons (Fsp3) is 0.917. The highest BCUT2D eigenvalue weighted by Crippen LogP contribution is 2.38. The molecule has 0 N–H and O–H groups in total. The molecule has 0 fully saturated rings. The van der Waals surface area contributed by atoms with Gasteiger partial charge < -0.3 is 4.65 Å². The topological polar surface area (TPSA) is 26.3 Å². The minimum Gasteiger partial charge on any atom is -0.543 e. The van der Waals surface area contributed by atoms with Gasteiger partial charge in [0, 0.05) is 0 Å². The standard InChI is InChI=1S/C12H25BO2/c1-7-12(5,6)8-9(10(14)15-13)11(2,3)4/h9H,7-8,13H2,1-6H3. The maximum absolute atomic E-state index is 11.7. The van der Waals surface area contributed by atoms with Gasteiger partial charge in [0.2, 0.25) is 0 Å². The van der Waals surface area contributed by atoms with Crippen LogP contribution in [0.3, 0.4) is 0 Å². The normalized spacial score (nSPS) is 14.8. The van der Waals surface area contributed by atoms with Crippen LogP contribution >= 0.6 is 0 Å². The summed E-state index contributed by atoms with van der Waals surface area (Å²) in [5.41, 5.74) is 0.172. The maximum atomic E-state index is 11.7. The third kappa shape index (κ3) is 4.72. The van der Waals surface area contributed by atoms with Crippen molar-refractivity contribution in [3.05, 3.63) is 0 Å². The molecule has 2 nitrogen and oxygen atoms in total. The molecule has 0 amide bonds. The summed E-state index contributed by atoms with van der Waals surface area (Å²) >= 11 is 0. The van der Waals surface area contributed by atoms with E-state index in [1.54, 1.807) is 0 Å². The lowest BCUT2D eigenvalue weighted by Gasteiger charge is -2.35. The summed E-state index contributed by atoms with van der Waals surface area (Å²) in [5.74, 6) is -0.0959. The largest absolute Gasteiger partial charge is 0.543 e. The van der Waals surface area contributed by atoms with Crippen molar-refractivity contribution in [3.8, 4) is 0 Å². The van der Waals surface area contributed by atoms with Gasteiger partial charge in [0.15, 0.2) is 0 Å². The molecule has 0 radical (unpaired) electrons. The minimum atomic E-state index is -0.0796. The first-order valence-corrected chi connectivity index (χ1v) is 5.72. The second-order valence-electron chi connectivity index (χ2n) is 6.16. The number of carbonyl (C=O) groups excluding carboxylic acids is 1. The predicted molar refractivity (Wildman–Crippen MR) is 66.3 cm³/mol. The molecule has 3 heteroatoms. The van der Waals surface area contributed by atoms with Crippen LogP contribution < -0.4 is 0 Å². The molecule has 0 aromatic carbocycles. The number of rotatable bonds is 4. The molecule has 0 heterocycles. The maximum Gasteiger partial charge on any atom is 0.325 e. The second kappa shape index (κ2) is 5.04. The first-order valence-electron chi connectivity index (χ1n) is 5.72. The molecule has 0 aromatic heterocycles. The number of carbonyl (C=O) groups is 1. The van der Waals surface area contributed by atoms with Crippen LogP contribution in [-0.2, 0) is 9.45 Å². The average molecular weight is 212 g/mol. The van der Waals surface area contributed by atoms with Gasteiger partial charge in [-0.25, -0.2) is 0 Å². The first-order chi connectivity index (χ1) is 6.64. The average Bonchev–Trinajstić information content (AvgIpc) is 2.11. The Morgan fingerprint density at radius 2 is 1.73 bits per heavy atom. The highest BCUT2D eigenvalue weighted by atomic mass is 16.5. The van der Waals surface area contributed by atoms with Gasteiger partial charge in [0.25, 0.3) is 5.97 Å². The molecule has 0 aliphatic heterocycles. The summed E-state index contributed by atoms with van der Waals surface area (Å²) in [6, 6.07) is 0. The molecule has 0 aliphatic carbocycles. The molecule has 0 saturated carbocycles. The molecule has 0 spiro atoms. The lowest BCUT2D eigenvalue weighted by atomic mass is 9.70. The zero-order chi connectivity index (χ0) is 12.3. The Balaban J connectivity index is 4.75. The summed E-state index contributed by atoms with van der Waals surface area (Å²) in [5, 5.41) is 0. The van der Waals surface area contributed by atoms with Crippen LogP contribution in [0.25, 0.3) is 0 Å². The van der Waals surface area contributed by atoms with Crippen molar-refractivity contribution < 1.29 is 9.45 Å². The minimum absolute atomic E-state index is 0.0163. The van der Waals surface area contributed by atoms with E-state index in [9.17, 15) is 4.79 Å². The van der Waals surface area contributed by atoms with Crippen LogP contribution in [0.1, 0.15) is 54.4 Å². The van der Waals surface area contributed by atoms with Gasteiger partial charge in [-0.2, -0.15) is 0 Å². The van der Waals surface area contributed by atoms with Crippen molar-refractivity contribution >= 4 is 14.0 Å². The van der Waals surface area contributed by atoms with Gasteiger partial charge in [-0.3, -0.25) is 4.79 Å². The zero-order valence-electron chi connectivity index (χ0n) is 11.3. The van der Waals surface area contributed by atoms with E-state index in [0.717, 1.165) is 12.8 Å². The Morgan fingerprint density at radius 3 is 2.00 bits per heavy atom. The molecule has 88 valence electrons. The Bertz CT molecular complexity index is 216. The van der Waals surface area contributed by atoms with Gasteiger partial charge in [-0.15, -0.1) is 0 Å². The molecule has 1 atom stereocenters. The van der Waals surface area contributed by atoms with Crippen LogP contribution in [-0.4, -0.2) is 14.0 Å². The fourth-order valence-corrected chi connectivity index (χ4v) is 1.58. The SMILES string of the molecule is BOC(=O)C(CC(C)(C)CC)C(C)(C)C. The van der Waals surface area contributed by atoms with Gasteiger partial charge >= 0.3 is 8.05 Å². The van der Waals surface area contributed by atoms with Gasteiger partial charge in [0.1, 0.15) is 0 Å². The molecular weight excluding hydrogens is 187 g/mol. The van der Waals surface area contributed by atoms with Crippen molar-refractivity contribution in [3.63, 3.8) is 0 Å². The third-order valence-electron chi connectivity index (χ3n) is 3.24. The van der Waals surface area contributed by atoms with E-state index in [-0.39, 0.29) is 22.7 Å². The van der Waals surface area contributed by atoms with E-state index < -0.39 is 0 Å². The van der Waals surface area contributed by atoms with Crippen molar-refractivity contribution in [1.82, 2.24) is 0 Å². The molecule has 0 saturated heterocycles. The molecule has 0 bridgehead atoms. The highest BCUT2D eigenvalue weighted by molar-refractivity contribution is 6.05. The molecule has 0 aromatic rings. The van der Waals surface area contributed by atoms with Crippen LogP contribution in [0, 0.1) is 16.7 Å². The highest BCUT2D eigenvalue weighted by Gasteiger charge is 2.35. The van der Waals surface area contributed by atoms with E-state index in [4.69, 9.17) is 4.65 Å². The van der Waals surface area contributed by atoms with Gasteiger partial charge in [0.05, 0.1) is 5.92 Å². The molecule has 0 aliphatic rings. The smallest absolute Gasteiger partial charge is 0.325 e.